The van der Waals surface area contributed by atoms with Crippen LogP contribution in [0, 0.1) is 11.3 Å². The van der Waals surface area contributed by atoms with Crippen molar-refractivity contribution in [2.45, 2.75) is 40.7 Å². The molecule has 0 saturated carbocycles. The minimum absolute atomic E-state index is 0.276. The summed E-state index contributed by atoms with van der Waals surface area (Å²) in [5, 5.41) is 6.90. The second-order valence-electron chi connectivity index (χ2n) is 5.96. The van der Waals surface area contributed by atoms with Crippen LogP contribution >= 0.6 is 0 Å². The van der Waals surface area contributed by atoms with Gasteiger partial charge in [-0.1, -0.05) is 20.8 Å². The third-order valence-corrected chi connectivity index (χ3v) is 3.07. The standard InChI is InChI=1S/C15H25N3O3/c1-5-21-14(20)12(15(2,3)4)13(19)16-8-6-10-18-11-7-9-17-18/h7,9,11-12H,5-6,8,10H2,1-4H3,(H,16,19). The molecule has 0 aromatic carbocycles. The molecule has 118 valence electrons. The van der Waals surface area contributed by atoms with Crippen molar-refractivity contribution < 1.29 is 14.3 Å². The van der Waals surface area contributed by atoms with E-state index in [-0.39, 0.29) is 12.5 Å². The summed E-state index contributed by atoms with van der Waals surface area (Å²) < 4.78 is 6.81. The molecule has 1 N–H and O–H groups in total. The van der Waals surface area contributed by atoms with Crippen LogP contribution in [0.15, 0.2) is 18.5 Å². The van der Waals surface area contributed by atoms with Gasteiger partial charge in [0.15, 0.2) is 0 Å². The fourth-order valence-electron chi connectivity index (χ4n) is 2.07. The molecule has 21 heavy (non-hydrogen) atoms. The van der Waals surface area contributed by atoms with Crippen LogP contribution in [0.3, 0.4) is 0 Å². The summed E-state index contributed by atoms with van der Waals surface area (Å²) in [5.41, 5.74) is -0.474. The van der Waals surface area contributed by atoms with Gasteiger partial charge in [-0.25, -0.2) is 0 Å². The minimum Gasteiger partial charge on any atom is -0.465 e. The number of ether oxygens (including phenoxy) is 1. The van der Waals surface area contributed by atoms with Gasteiger partial charge < -0.3 is 10.1 Å². The van der Waals surface area contributed by atoms with Gasteiger partial charge in [0.1, 0.15) is 5.92 Å². The number of carbonyl (C=O) groups is 2. The quantitative estimate of drug-likeness (QED) is 0.471. The molecular weight excluding hydrogens is 270 g/mol. The number of aryl methyl sites for hydroxylation is 1. The zero-order chi connectivity index (χ0) is 15.9. The van der Waals surface area contributed by atoms with Crippen molar-refractivity contribution in [3.8, 4) is 0 Å². The lowest BCUT2D eigenvalue weighted by atomic mass is 9.80. The predicted molar refractivity (Wildman–Crippen MR) is 79.4 cm³/mol. The van der Waals surface area contributed by atoms with Gasteiger partial charge in [-0.3, -0.25) is 14.3 Å². The normalized spacial score (nSPS) is 12.8. The fourth-order valence-corrected chi connectivity index (χ4v) is 2.07. The van der Waals surface area contributed by atoms with Crippen LogP contribution in [0.2, 0.25) is 0 Å². The molecule has 0 saturated heterocycles. The lowest BCUT2D eigenvalue weighted by molar-refractivity contribution is -0.156. The summed E-state index contributed by atoms with van der Waals surface area (Å²) in [5.74, 6) is -1.53. The van der Waals surface area contributed by atoms with Crippen LogP contribution in [0.25, 0.3) is 0 Å². The van der Waals surface area contributed by atoms with Crippen molar-refractivity contribution in [2.24, 2.45) is 11.3 Å². The zero-order valence-electron chi connectivity index (χ0n) is 13.3. The molecule has 1 atom stereocenters. The van der Waals surface area contributed by atoms with E-state index in [0.29, 0.717) is 6.54 Å². The molecule has 1 unspecified atom stereocenters. The molecule has 0 spiro atoms. The van der Waals surface area contributed by atoms with E-state index in [1.807, 2.05) is 33.0 Å². The summed E-state index contributed by atoms with van der Waals surface area (Å²) >= 11 is 0. The second-order valence-corrected chi connectivity index (χ2v) is 5.96. The lowest BCUT2D eigenvalue weighted by Gasteiger charge is -2.27. The second kappa shape index (κ2) is 7.81. The summed E-state index contributed by atoms with van der Waals surface area (Å²) in [6.07, 6.45) is 4.35. The van der Waals surface area contributed by atoms with Crippen molar-refractivity contribution in [3.63, 3.8) is 0 Å². The number of nitrogens with zero attached hydrogens (tertiary/aromatic N) is 2. The maximum atomic E-state index is 12.2. The summed E-state index contributed by atoms with van der Waals surface area (Å²) in [6.45, 7) is 8.82. The van der Waals surface area contributed by atoms with E-state index in [1.54, 1.807) is 17.8 Å². The largest absolute Gasteiger partial charge is 0.465 e. The van der Waals surface area contributed by atoms with E-state index < -0.39 is 17.3 Å². The van der Waals surface area contributed by atoms with Crippen molar-refractivity contribution in [1.82, 2.24) is 15.1 Å². The van der Waals surface area contributed by atoms with Crippen molar-refractivity contribution in [2.75, 3.05) is 13.2 Å². The highest BCUT2D eigenvalue weighted by Crippen LogP contribution is 2.27. The van der Waals surface area contributed by atoms with Gasteiger partial charge in [-0.05, 0) is 24.8 Å². The highest BCUT2D eigenvalue weighted by molar-refractivity contribution is 5.98. The van der Waals surface area contributed by atoms with Gasteiger partial charge in [0.2, 0.25) is 5.91 Å². The van der Waals surface area contributed by atoms with Crippen LogP contribution in [0.1, 0.15) is 34.1 Å². The Hall–Kier alpha value is -1.85. The third kappa shape index (κ3) is 5.57. The number of nitrogens with one attached hydrogen (secondary N) is 1. The topological polar surface area (TPSA) is 73.2 Å². The van der Waals surface area contributed by atoms with Crippen LogP contribution in [0.4, 0.5) is 0 Å². The third-order valence-electron chi connectivity index (χ3n) is 3.07. The Balaban J connectivity index is 2.47. The molecule has 6 heteroatoms. The van der Waals surface area contributed by atoms with E-state index >= 15 is 0 Å². The molecular formula is C15H25N3O3. The van der Waals surface area contributed by atoms with Crippen LogP contribution in [-0.2, 0) is 20.9 Å². The number of carbonyl (C=O) groups excluding carboxylic acids is 2. The molecule has 0 aliphatic rings. The van der Waals surface area contributed by atoms with Crippen molar-refractivity contribution >= 4 is 11.9 Å². The average Bonchev–Trinajstić information content (AvgIpc) is 2.86. The molecule has 1 aromatic heterocycles. The van der Waals surface area contributed by atoms with E-state index in [2.05, 4.69) is 10.4 Å². The number of esters is 1. The number of hydrogen-bond donors (Lipinski definition) is 1. The van der Waals surface area contributed by atoms with Crippen LogP contribution in [0.5, 0.6) is 0 Å². The molecule has 1 aromatic rings. The predicted octanol–water partition coefficient (Wildman–Crippen LogP) is 1.61. The SMILES string of the molecule is CCOC(=O)C(C(=O)NCCCn1cccn1)C(C)(C)C. The molecule has 1 heterocycles. The zero-order valence-corrected chi connectivity index (χ0v) is 13.3. The Kier molecular flexibility index (Phi) is 6.39. The Morgan fingerprint density at radius 3 is 2.62 bits per heavy atom. The monoisotopic (exact) mass is 295 g/mol. The number of amides is 1. The van der Waals surface area contributed by atoms with Crippen molar-refractivity contribution in [1.29, 1.82) is 0 Å². The van der Waals surface area contributed by atoms with Gasteiger partial charge in [0.05, 0.1) is 6.61 Å². The van der Waals surface area contributed by atoms with Gasteiger partial charge >= 0.3 is 5.97 Å². The Morgan fingerprint density at radius 1 is 1.38 bits per heavy atom. The van der Waals surface area contributed by atoms with Crippen LogP contribution in [-0.4, -0.2) is 34.8 Å². The molecule has 1 rings (SSSR count). The molecule has 0 fully saturated rings. The Morgan fingerprint density at radius 2 is 2.10 bits per heavy atom. The van der Waals surface area contributed by atoms with E-state index in [4.69, 9.17) is 4.74 Å². The maximum Gasteiger partial charge on any atom is 0.319 e. The van der Waals surface area contributed by atoms with E-state index in [9.17, 15) is 9.59 Å². The van der Waals surface area contributed by atoms with Gasteiger partial charge in [0.25, 0.3) is 0 Å². The molecule has 6 nitrogen and oxygen atoms in total. The summed E-state index contributed by atoms with van der Waals surface area (Å²) in [4.78, 5) is 24.2. The first kappa shape index (κ1) is 17.2. The first-order chi connectivity index (χ1) is 9.86. The van der Waals surface area contributed by atoms with E-state index in [0.717, 1.165) is 13.0 Å². The Bertz CT molecular complexity index is 449. The molecule has 0 radical (unpaired) electrons. The smallest absolute Gasteiger partial charge is 0.319 e. The Labute approximate surface area is 125 Å². The molecule has 0 bridgehead atoms. The number of hydrogen-bond acceptors (Lipinski definition) is 4. The number of aromatic nitrogens is 2. The summed E-state index contributed by atoms with van der Waals surface area (Å²) in [7, 11) is 0. The van der Waals surface area contributed by atoms with Gasteiger partial charge in [-0.2, -0.15) is 5.10 Å². The van der Waals surface area contributed by atoms with Crippen molar-refractivity contribution in [3.05, 3.63) is 18.5 Å². The maximum absolute atomic E-state index is 12.2. The highest BCUT2D eigenvalue weighted by Gasteiger charge is 2.38. The van der Waals surface area contributed by atoms with Gasteiger partial charge in [-0.15, -0.1) is 0 Å². The molecule has 1 amide bonds. The number of rotatable bonds is 7. The minimum atomic E-state index is -0.790. The fraction of sp³-hybridized carbons (Fsp3) is 0.667. The summed E-state index contributed by atoms with van der Waals surface area (Å²) in [6, 6.07) is 1.86. The highest BCUT2D eigenvalue weighted by atomic mass is 16.5. The first-order valence-electron chi connectivity index (χ1n) is 7.28. The van der Waals surface area contributed by atoms with E-state index in [1.165, 1.54) is 0 Å². The first-order valence-corrected chi connectivity index (χ1v) is 7.28. The van der Waals surface area contributed by atoms with Crippen LogP contribution < -0.4 is 5.32 Å². The van der Waals surface area contributed by atoms with Gasteiger partial charge in [0, 0.05) is 25.5 Å². The molecule has 0 aliphatic carbocycles. The molecule has 0 aliphatic heterocycles. The average molecular weight is 295 g/mol. The lowest BCUT2D eigenvalue weighted by Crippen LogP contribution is -2.44.